The van der Waals surface area contributed by atoms with Crippen LogP contribution in [-0.2, 0) is 11.2 Å². The van der Waals surface area contributed by atoms with Gasteiger partial charge in [-0.15, -0.1) is 11.3 Å². The summed E-state index contributed by atoms with van der Waals surface area (Å²) in [7, 11) is 0. The highest BCUT2D eigenvalue weighted by atomic mass is 32.1. The lowest BCUT2D eigenvalue weighted by molar-refractivity contribution is -0.120. The Bertz CT molecular complexity index is 341. The molecule has 16 heavy (non-hydrogen) atoms. The van der Waals surface area contributed by atoms with Gasteiger partial charge in [-0.25, -0.2) is 4.98 Å². The van der Waals surface area contributed by atoms with E-state index in [1.54, 1.807) is 5.38 Å². The number of rotatable bonds is 6. The van der Waals surface area contributed by atoms with Crippen LogP contribution in [0.2, 0.25) is 0 Å². The third-order valence-electron chi connectivity index (χ3n) is 2.18. The van der Waals surface area contributed by atoms with E-state index in [4.69, 9.17) is 10.8 Å². The molecule has 0 radical (unpaired) electrons. The SMILES string of the molecule is CC(CCO)CNC(=O)Cc1csc(N)n1. The zero-order valence-corrected chi connectivity index (χ0v) is 10.1. The van der Waals surface area contributed by atoms with Gasteiger partial charge in [-0.1, -0.05) is 6.92 Å². The third kappa shape index (κ3) is 4.59. The highest BCUT2D eigenvalue weighted by Gasteiger charge is 2.08. The molecule has 0 aromatic carbocycles. The number of thiazole rings is 1. The van der Waals surface area contributed by atoms with Crippen molar-refractivity contribution in [2.45, 2.75) is 19.8 Å². The van der Waals surface area contributed by atoms with Crippen LogP contribution in [0.5, 0.6) is 0 Å². The highest BCUT2D eigenvalue weighted by molar-refractivity contribution is 7.13. The minimum Gasteiger partial charge on any atom is -0.396 e. The predicted octanol–water partition coefficient (Wildman–Crippen LogP) is 0.402. The van der Waals surface area contributed by atoms with Crippen molar-refractivity contribution in [2.24, 2.45) is 5.92 Å². The van der Waals surface area contributed by atoms with Crippen LogP contribution in [0.15, 0.2) is 5.38 Å². The highest BCUT2D eigenvalue weighted by Crippen LogP contribution is 2.11. The van der Waals surface area contributed by atoms with Gasteiger partial charge in [-0.2, -0.15) is 0 Å². The molecule has 0 aliphatic heterocycles. The molecule has 0 aliphatic carbocycles. The summed E-state index contributed by atoms with van der Waals surface area (Å²) >= 11 is 1.33. The number of nitrogens with two attached hydrogens (primary N) is 1. The van der Waals surface area contributed by atoms with Gasteiger partial charge in [0.05, 0.1) is 12.1 Å². The summed E-state index contributed by atoms with van der Waals surface area (Å²) in [6.45, 7) is 2.72. The quantitative estimate of drug-likeness (QED) is 0.675. The Morgan fingerprint density at radius 3 is 3.06 bits per heavy atom. The van der Waals surface area contributed by atoms with E-state index >= 15 is 0 Å². The maximum Gasteiger partial charge on any atom is 0.226 e. The molecule has 1 heterocycles. The van der Waals surface area contributed by atoms with Crippen molar-refractivity contribution < 1.29 is 9.90 Å². The molecule has 1 rings (SSSR count). The summed E-state index contributed by atoms with van der Waals surface area (Å²) in [6.07, 6.45) is 0.962. The second kappa shape index (κ2) is 6.44. The molecule has 1 aromatic rings. The number of nitrogen functional groups attached to an aromatic ring is 1. The Balaban J connectivity index is 2.26. The molecule has 1 aromatic heterocycles. The average molecular weight is 243 g/mol. The average Bonchev–Trinajstić information content (AvgIpc) is 2.61. The van der Waals surface area contributed by atoms with E-state index in [0.29, 0.717) is 23.8 Å². The number of aliphatic hydroxyl groups excluding tert-OH is 1. The summed E-state index contributed by atoms with van der Waals surface area (Å²) in [4.78, 5) is 15.5. The molecular formula is C10H17N3O2S. The Kier molecular flexibility index (Phi) is 5.21. The number of carbonyl (C=O) groups excluding carboxylic acids is 1. The smallest absolute Gasteiger partial charge is 0.226 e. The first-order valence-corrected chi connectivity index (χ1v) is 6.07. The van der Waals surface area contributed by atoms with Crippen LogP contribution in [0.4, 0.5) is 5.13 Å². The molecule has 6 heteroatoms. The molecule has 0 fully saturated rings. The molecule has 5 nitrogen and oxygen atoms in total. The lowest BCUT2D eigenvalue weighted by atomic mass is 10.1. The molecule has 0 saturated heterocycles. The molecule has 0 aliphatic rings. The molecule has 1 amide bonds. The summed E-state index contributed by atoms with van der Waals surface area (Å²) in [5.74, 6) is 0.226. The Hall–Kier alpha value is -1.14. The van der Waals surface area contributed by atoms with E-state index < -0.39 is 0 Å². The fourth-order valence-corrected chi connectivity index (χ4v) is 1.80. The van der Waals surface area contributed by atoms with Crippen molar-refractivity contribution >= 4 is 22.4 Å². The lowest BCUT2D eigenvalue weighted by Crippen LogP contribution is -2.30. The number of amides is 1. The van der Waals surface area contributed by atoms with Gasteiger partial charge in [0.2, 0.25) is 5.91 Å². The van der Waals surface area contributed by atoms with Gasteiger partial charge >= 0.3 is 0 Å². The van der Waals surface area contributed by atoms with E-state index in [0.717, 1.165) is 0 Å². The zero-order valence-electron chi connectivity index (χ0n) is 9.27. The van der Waals surface area contributed by atoms with Crippen molar-refractivity contribution in [2.75, 3.05) is 18.9 Å². The van der Waals surface area contributed by atoms with Gasteiger partial charge in [-0.05, 0) is 12.3 Å². The number of aromatic nitrogens is 1. The van der Waals surface area contributed by atoms with E-state index in [1.165, 1.54) is 11.3 Å². The number of nitrogens with zero attached hydrogens (tertiary/aromatic N) is 1. The minimum atomic E-state index is -0.0601. The molecule has 0 bridgehead atoms. The Morgan fingerprint density at radius 1 is 1.75 bits per heavy atom. The van der Waals surface area contributed by atoms with E-state index in [2.05, 4.69) is 10.3 Å². The Morgan fingerprint density at radius 2 is 2.50 bits per heavy atom. The van der Waals surface area contributed by atoms with Crippen LogP contribution in [0.25, 0.3) is 0 Å². The summed E-state index contributed by atoms with van der Waals surface area (Å²) in [5.41, 5.74) is 6.17. The van der Waals surface area contributed by atoms with Crippen molar-refractivity contribution in [3.05, 3.63) is 11.1 Å². The maximum atomic E-state index is 11.5. The predicted molar refractivity (Wildman–Crippen MR) is 64.1 cm³/mol. The van der Waals surface area contributed by atoms with Gasteiger partial charge in [0.25, 0.3) is 0 Å². The Labute approximate surface area is 98.7 Å². The van der Waals surface area contributed by atoms with E-state index in [9.17, 15) is 4.79 Å². The van der Waals surface area contributed by atoms with Crippen LogP contribution in [0.1, 0.15) is 19.0 Å². The number of nitrogens with one attached hydrogen (secondary N) is 1. The first-order chi connectivity index (χ1) is 7.61. The van der Waals surface area contributed by atoms with Gasteiger partial charge < -0.3 is 16.2 Å². The van der Waals surface area contributed by atoms with Gasteiger partial charge in [-0.3, -0.25) is 4.79 Å². The van der Waals surface area contributed by atoms with Gasteiger partial charge in [0.15, 0.2) is 5.13 Å². The topological polar surface area (TPSA) is 88.2 Å². The van der Waals surface area contributed by atoms with Crippen LogP contribution in [0, 0.1) is 5.92 Å². The zero-order chi connectivity index (χ0) is 12.0. The molecule has 1 unspecified atom stereocenters. The molecule has 4 N–H and O–H groups in total. The third-order valence-corrected chi connectivity index (χ3v) is 2.90. The van der Waals surface area contributed by atoms with Crippen molar-refractivity contribution in [1.82, 2.24) is 10.3 Å². The van der Waals surface area contributed by atoms with E-state index in [1.807, 2.05) is 6.92 Å². The molecular weight excluding hydrogens is 226 g/mol. The largest absolute Gasteiger partial charge is 0.396 e. The molecule has 90 valence electrons. The summed E-state index contributed by atoms with van der Waals surface area (Å²) < 4.78 is 0. The number of hydrogen-bond acceptors (Lipinski definition) is 5. The number of anilines is 1. The first-order valence-electron chi connectivity index (χ1n) is 5.19. The van der Waals surface area contributed by atoms with Crippen LogP contribution in [-0.4, -0.2) is 29.1 Å². The van der Waals surface area contributed by atoms with Crippen molar-refractivity contribution in [3.63, 3.8) is 0 Å². The van der Waals surface area contributed by atoms with Gasteiger partial charge in [0, 0.05) is 18.5 Å². The minimum absolute atomic E-state index is 0.0601. The van der Waals surface area contributed by atoms with Crippen LogP contribution in [0.3, 0.4) is 0 Å². The molecule has 0 spiro atoms. The standard InChI is InChI=1S/C10H17N3O2S/c1-7(2-3-14)5-12-9(15)4-8-6-16-10(11)13-8/h6-7,14H,2-5H2,1H3,(H2,11,13)(H,12,15). The fraction of sp³-hybridized carbons (Fsp3) is 0.600. The fourth-order valence-electron chi connectivity index (χ4n) is 1.24. The summed E-state index contributed by atoms with van der Waals surface area (Å²) in [5, 5.41) is 13.8. The van der Waals surface area contributed by atoms with Crippen LogP contribution >= 0.6 is 11.3 Å². The first kappa shape index (κ1) is 12.9. The molecule has 1 atom stereocenters. The monoisotopic (exact) mass is 243 g/mol. The number of carbonyl (C=O) groups is 1. The lowest BCUT2D eigenvalue weighted by Gasteiger charge is -2.10. The van der Waals surface area contributed by atoms with Gasteiger partial charge in [0.1, 0.15) is 0 Å². The van der Waals surface area contributed by atoms with Crippen LogP contribution < -0.4 is 11.1 Å². The van der Waals surface area contributed by atoms with E-state index in [-0.39, 0.29) is 24.9 Å². The molecule has 0 saturated carbocycles. The number of aliphatic hydroxyl groups is 1. The maximum absolute atomic E-state index is 11.5. The second-order valence-corrected chi connectivity index (χ2v) is 4.67. The number of hydrogen-bond donors (Lipinski definition) is 3. The second-order valence-electron chi connectivity index (χ2n) is 3.78. The normalized spacial score (nSPS) is 12.4. The van der Waals surface area contributed by atoms with Crippen molar-refractivity contribution in [1.29, 1.82) is 0 Å². The summed E-state index contributed by atoms with van der Waals surface area (Å²) in [6, 6.07) is 0. The van der Waals surface area contributed by atoms with Crippen molar-refractivity contribution in [3.8, 4) is 0 Å².